The Balaban J connectivity index is 1.59. The number of hydrogen-bond donors (Lipinski definition) is 2. The SMILES string of the molecule is O=C(NCCCN1CCCC1=O)C(=O)NC1CCCCCC1. The van der Waals surface area contributed by atoms with Crippen LogP contribution in [0.5, 0.6) is 0 Å². The summed E-state index contributed by atoms with van der Waals surface area (Å²) >= 11 is 0. The van der Waals surface area contributed by atoms with Gasteiger partial charge in [-0.05, 0) is 25.7 Å². The molecule has 0 aromatic heterocycles. The summed E-state index contributed by atoms with van der Waals surface area (Å²) in [6.07, 6.45) is 8.86. The van der Waals surface area contributed by atoms with Crippen molar-refractivity contribution in [2.45, 2.75) is 63.8 Å². The molecule has 2 rings (SSSR count). The fraction of sp³-hybridized carbons (Fsp3) is 0.812. The first-order valence-corrected chi connectivity index (χ1v) is 8.53. The number of hydrogen-bond acceptors (Lipinski definition) is 3. The summed E-state index contributed by atoms with van der Waals surface area (Å²) in [4.78, 5) is 36.8. The van der Waals surface area contributed by atoms with Crippen LogP contribution < -0.4 is 10.6 Å². The van der Waals surface area contributed by atoms with Crippen LogP contribution in [0.25, 0.3) is 0 Å². The van der Waals surface area contributed by atoms with Crippen LogP contribution in [0.4, 0.5) is 0 Å². The van der Waals surface area contributed by atoms with Crippen LogP contribution in [0.15, 0.2) is 0 Å². The van der Waals surface area contributed by atoms with Crippen molar-refractivity contribution >= 4 is 17.7 Å². The molecule has 0 aromatic rings. The molecule has 6 nitrogen and oxygen atoms in total. The molecule has 1 saturated carbocycles. The maximum atomic E-state index is 11.8. The average Bonchev–Trinajstić information content (AvgIpc) is 2.75. The summed E-state index contributed by atoms with van der Waals surface area (Å²) < 4.78 is 0. The molecule has 2 aliphatic rings. The zero-order valence-corrected chi connectivity index (χ0v) is 13.2. The highest BCUT2D eigenvalue weighted by Gasteiger charge is 2.21. The number of amides is 3. The fourth-order valence-electron chi connectivity index (χ4n) is 3.17. The first kappa shape index (κ1) is 16.8. The second-order valence-electron chi connectivity index (χ2n) is 6.26. The van der Waals surface area contributed by atoms with Crippen molar-refractivity contribution in [1.82, 2.24) is 15.5 Å². The standard InChI is InChI=1S/C16H27N3O3/c20-14-9-5-11-19(14)12-6-10-17-15(21)16(22)18-13-7-3-1-2-4-8-13/h13H,1-12H2,(H,17,21)(H,18,22). The van der Waals surface area contributed by atoms with Crippen LogP contribution in [0, 0.1) is 0 Å². The predicted octanol–water partition coefficient (Wildman–Crippen LogP) is 0.954. The van der Waals surface area contributed by atoms with Crippen molar-refractivity contribution in [3.05, 3.63) is 0 Å². The second-order valence-corrected chi connectivity index (χ2v) is 6.26. The number of nitrogens with zero attached hydrogens (tertiary/aromatic N) is 1. The Morgan fingerprint density at radius 2 is 1.77 bits per heavy atom. The molecule has 0 spiro atoms. The van der Waals surface area contributed by atoms with Crippen molar-refractivity contribution in [1.29, 1.82) is 0 Å². The van der Waals surface area contributed by atoms with Crippen molar-refractivity contribution in [3.8, 4) is 0 Å². The van der Waals surface area contributed by atoms with E-state index in [4.69, 9.17) is 0 Å². The molecule has 22 heavy (non-hydrogen) atoms. The molecular formula is C16H27N3O3. The van der Waals surface area contributed by atoms with Gasteiger partial charge < -0.3 is 15.5 Å². The smallest absolute Gasteiger partial charge is 0.309 e. The van der Waals surface area contributed by atoms with Gasteiger partial charge in [-0.3, -0.25) is 14.4 Å². The molecule has 1 aliphatic heterocycles. The summed E-state index contributed by atoms with van der Waals surface area (Å²) in [5.74, 6) is -0.890. The zero-order chi connectivity index (χ0) is 15.8. The summed E-state index contributed by atoms with van der Waals surface area (Å²) in [5.41, 5.74) is 0. The van der Waals surface area contributed by atoms with E-state index in [9.17, 15) is 14.4 Å². The van der Waals surface area contributed by atoms with Gasteiger partial charge in [0.25, 0.3) is 0 Å². The summed E-state index contributed by atoms with van der Waals surface area (Å²) in [7, 11) is 0. The van der Waals surface area contributed by atoms with Crippen LogP contribution in [0.3, 0.4) is 0 Å². The number of rotatable bonds is 5. The van der Waals surface area contributed by atoms with E-state index >= 15 is 0 Å². The van der Waals surface area contributed by atoms with Gasteiger partial charge >= 0.3 is 11.8 Å². The molecule has 0 unspecified atom stereocenters. The normalized spacial score (nSPS) is 19.8. The molecule has 0 bridgehead atoms. The van der Waals surface area contributed by atoms with Crippen molar-refractivity contribution < 1.29 is 14.4 Å². The van der Waals surface area contributed by atoms with Crippen LogP contribution in [0.2, 0.25) is 0 Å². The summed E-state index contributed by atoms with van der Waals surface area (Å²) in [6, 6.07) is 0.142. The summed E-state index contributed by atoms with van der Waals surface area (Å²) in [6.45, 7) is 1.90. The minimum Gasteiger partial charge on any atom is -0.348 e. The van der Waals surface area contributed by atoms with Crippen LogP contribution in [0.1, 0.15) is 57.8 Å². The number of nitrogens with one attached hydrogen (secondary N) is 2. The van der Waals surface area contributed by atoms with Crippen molar-refractivity contribution in [3.63, 3.8) is 0 Å². The fourth-order valence-corrected chi connectivity index (χ4v) is 3.17. The Morgan fingerprint density at radius 3 is 2.41 bits per heavy atom. The molecule has 2 fully saturated rings. The van der Waals surface area contributed by atoms with Gasteiger partial charge in [0, 0.05) is 32.1 Å². The van der Waals surface area contributed by atoms with E-state index in [1.165, 1.54) is 12.8 Å². The Morgan fingerprint density at radius 1 is 1.05 bits per heavy atom. The molecule has 2 N–H and O–H groups in total. The van der Waals surface area contributed by atoms with Crippen LogP contribution in [-0.4, -0.2) is 48.3 Å². The topological polar surface area (TPSA) is 78.5 Å². The van der Waals surface area contributed by atoms with Gasteiger partial charge in [0.15, 0.2) is 0 Å². The van der Waals surface area contributed by atoms with Crippen molar-refractivity contribution in [2.24, 2.45) is 0 Å². The zero-order valence-electron chi connectivity index (χ0n) is 13.2. The van der Waals surface area contributed by atoms with E-state index in [-0.39, 0.29) is 11.9 Å². The lowest BCUT2D eigenvalue weighted by atomic mass is 10.1. The Bertz CT molecular complexity index is 403. The maximum Gasteiger partial charge on any atom is 0.309 e. The third-order valence-electron chi connectivity index (χ3n) is 4.46. The molecule has 0 radical (unpaired) electrons. The first-order chi connectivity index (χ1) is 10.7. The molecule has 6 heteroatoms. The Kier molecular flexibility index (Phi) is 6.68. The number of carbonyl (C=O) groups is 3. The lowest BCUT2D eigenvalue weighted by molar-refractivity contribution is -0.139. The Labute approximate surface area is 132 Å². The van der Waals surface area contributed by atoms with Crippen molar-refractivity contribution in [2.75, 3.05) is 19.6 Å². The molecule has 1 aliphatic carbocycles. The van der Waals surface area contributed by atoms with E-state index in [0.29, 0.717) is 25.9 Å². The average molecular weight is 309 g/mol. The Hall–Kier alpha value is -1.59. The van der Waals surface area contributed by atoms with Gasteiger partial charge in [0.2, 0.25) is 5.91 Å². The highest BCUT2D eigenvalue weighted by Crippen LogP contribution is 2.17. The van der Waals surface area contributed by atoms with Gasteiger partial charge in [-0.2, -0.15) is 0 Å². The lowest BCUT2D eigenvalue weighted by Gasteiger charge is -2.17. The molecular weight excluding hydrogens is 282 g/mol. The predicted molar refractivity (Wildman–Crippen MR) is 83.1 cm³/mol. The number of likely N-dealkylation sites (tertiary alicyclic amines) is 1. The quantitative estimate of drug-likeness (QED) is 0.451. The third-order valence-corrected chi connectivity index (χ3v) is 4.46. The van der Waals surface area contributed by atoms with Gasteiger partial charge in [-0.25, -0.2) is 0 Å². The molecule has 0 aromatic carbocycles. The largest absolute Gasteiger partial charge is 0.348 e. The van der Waals surface area contributed by atoms with E-state index in [0.717, 1.165) is 38.6 Å². The van der Waals surface area contributed by atoms with Gasteiger partial charge in [-0.15, -0.1) is 0 Å². The lowest BCUT2D eigenvalue weighted by Crippen LogP contribution is -2.45. The molecule has 1 heterocycles. The highest BCUT2D eigenvalue weighted by molar-refractivity contribution is 6.35. The van der Waals surface area contributed by atoms with E-state index in [1.807, 2.05) is 4.90 Å². The van der Waals surface area contributed by atoms with E-state index in [1.54, 1.807) is 0 Å². The molecule has 0 atom stereocenters. The maximum absolute atomic E-state index is 11.8. The van der Waals surface area contributed by atoms with E-state index < -0.39 is 11.8 Å². The third kappa shape index (κ3) is 5.31. The van der Waals surface area contributed by atoms with Crippen LogP contribution in [-0.2, 0) is 14.4 Å². The van der Waals surface area contributed by atoms with E-state index in [2.05, 4.69) is 10.6 Å². The molecule has 124 valence electrons. The minimum atomic E-state index is -0.558. The van der Waals surface area contributed by atoms with Gasteiger partial charge in [-0.1, -0.05) is 25.7 Å². The highest BCUT2D eigenvalue weighted by atomic mass is 16.2. The van der Waals surface area contributed by atoms with Gasteiger partial charge in [0.1, 0.15) is 0 Å². The number of carbonyl (C=O) groups excluding carboxylic acids is 3. The van der Waals surface area contributed by atoms with Gasteiger partial charge in [0.05, 0.1) is 0 Å². The van der Waals surface area contributed by atoms with Crippen LogP contribution >= 0.6 is 0 Å². The first-order valence-electron chi connectivity index (χ1n) is 8.53. The molecule has 3 amide bonds. The monoisotopic (exact) mass is 309 g/mol. The molecule has 1 saturated heterocycles. The summed E-state index contributed by atoms with van der Waals surface area (Å²) in [5, 5.41) is 5.47. The second kappa shape index (κ2) is 8.76. The minimum absolute atomic E-state index is 0.142.